The molecule has 2 nitrogen and oxygen atoms in total. The summed E-state index contributed by atoms with van der Waals surface area (Å²) in [6.07, 6.45) is 1.84. The van der Waals surface area contributed by atoms with Crippen LogP contribution < -0.4 is 5.73 Å². The lowest BCUT2D eigenvalue weighted by atomic mass is 10.2. The first kappa shape index (κ1) is 12.5. The Morgan fingerprint density at radius 2 is 1.74 bits per heavy atom. The van der Waals surface area contributed by atoms with E-state index in [1.54, 1.807) is 11.8 Å². The van der Waals surface area contributed by atoms with Crippen LogP contribution in [-0.2, 0) is 0 Å². The Balaban J connectivity index is 2.06. The second-order valence-electron chi connectivity index (χ2n) is 4.12. The third-order valence-corrected chi connectivity index (χ3v) is 4.53. The summed E-state index contributed by atoms with van der Waals surface area (Å²) in [6.45, 7) is 0. The molecule has 0 saturated carbocycles. The molecule has 3 aromatic rings. The van der Waals surface area contributed by atoms with Gasteiger partial charge in [-0.2, -0.15) is 0 Å². The number of nitrogens with two attached hydrogens (primary N) is 1. The highest BCUT2D eigenvalue weighted by Crippen LogP contribution is 2.34. The van der Waals surface area contributed by atoms with E-state index >= 15 is 0 Å². The van der Waals surface area contributed by atoms with E-state index in [0.29, 0.717) is 0 Å². The Kier molecular flexibility index (Phi) is 3.44. The maximum atomic E-state index is 5.70. The maximum absolute atomic E-state index is 5.70. The number of rotatable bonds is 2. The van der Waals surface area contributed by atoms with E-state index < -0.39 is 0 Å². The molecule has 1 heterocycles. The molecule has 19 heavy (non-hydrogen) atoms. The van der Waals surface area contributed by atoms with Gasteiger partial charge in [0.2, 0.25) is 0 Å². The Hall–Kier alpha value is -1.52. The van der Waals surface area contributed by atoms with E-state index in [-0.39, 0.29) is 0 Å². The smallest absolute Gasteiger partial charge is 0.109 e. The number of hydrogen-bond acceptors (Lipinski definition) is 3. The number of benzene rings is 2. The van der Waals surface area contributed by atoms with E-state index in [1.165, 1.54) is 5.39 Å². The van der Waals surface area contributed by atoms with Crippen LogP contribution >= 0.6 is 27.7 Å². The van der Waals surface area contributed by atoms with Crippen molar-refractivity contribution < 1.29 is 0 Å². The van der Waals surface area contributed by atoms with Crippen LogP contribution in [0.2, 0.25) is 0 Å². The number of aromatic nitrogens is 1. The van der Waals surface area contributed by atoms with Gasteiger partial charge in [-0.3, -0.25) is 0 Å². The van der Waals surface area contributed by atoms with Crippen molar-refractivity contribution in [3.63, 3.8) is 0 Å². The summed E-state index contributed by atoms with van der Waals surface area (Å²) in [6, 6.07) is 16.0. The molecule has 0 atom stereocenters. The second kappa shape index (κ2) is 5.23. The van der Waals surface area contributed by atoms with Crippen LogP contribution in [0.3, 0.4) is 0 Å². The lowest BCUT2D eigenvalue weighted by Crippen LogP contribution is -1.85. The lowest BCUT2D eigenvalue weighted by Gasteiger charge is -2.06. The first-order valence-electron chi connectivity index (χ1n) is 5.81. The van der Waals surface area contributed by atoms with Gasteiger partial charge in [0.25, 0.3) is 0 Å². The number of nitrogens with zero attached hydrogens (tertiary/aromatic N) is 1. The maximum Gasteiger partial charge on any atom is 0.109 e. The van der Waals surface area contributed by atoms with Gasteiger partial charge in [0.05, 0.1) is 0 Å². The summed E-state index contributed by atoms with van der Waals surface area (Å²) in [7, 11) is 0. The van der Waals surface area contributed by atoms with Crippen molar-refractivity contribution in [1.29, 1.82) is 0 Å². The fraction of sp³-hybridized carbons (Fsp3) is 0. The molecule has 0 aliphatic rings. The molecule has 0 saturated heterocycles. The van der Waals surface area contributed by atoms with Crippen LogP contribution in [0.5, 0.6) is 0 Å². The molecule has 94 valence electrons. The summed E-state index contributed by atoms with van der Waals surface area (Å²) in [5, 5.41) is 3.33. The molecule has 1 aromatic heterocycles. The zero-order valence-corrected chi connectivity index (χ0v) is 12.4. The molecule has 0 radical (unpaired) electrons. The number of halogens is 1. The molecule has 0 aliphatic carbocycles. The monoisotopic (exact) mass is 330 g/mol. The zero-order chi connectivity index (χ0) is 13.2. The minimum Gasteiger partial charge on any atom is -0.399 e. The SMILES string of the molecule is Nc1ccc(Sc2nccc3c(Br)cccc23)cc1. The molecule has 3 rings (SSSR count). The first-order chi connectivity index (χ1) is 9.24. The Labute approximate surface area is 124 Å². The molecule has 0 bridgehead atoms. The Morgan fingerprint density at radius 3 is 2.53 bits per heavy atom. The normalized spacial score (nSPS) is 10.8. The summed E-state index contributed by atoms with van der Waals surface area (Å²) in [5.74, 6) is 0. The topological polar surface area (TPSA) is 38.9 Å². The van der Waals surface area contributed by atoms with Crippen LogP contribution in [0.15, 0.2) is 69.1 Å². The molecule has 0 fully saturated rings. The molecule has 4 heteroatoms. The minimum absolute atomic E-state index is 0.776. The summed E-state index contributed by atoms with van der Waals surface area (Å²) in [4.78, 5) is 5.61. The second-order valence-corrected chi connectivity index (χ2v) is 6.04. The number of fused-ring (bicyclic) bond motifs is 1. The summed E-state index contributed by atoms with van der Waals surface area (Å²) < 4.78 is 1.09. The first-order valence-corrected chi connectivity index (χ1v) is 7.41. The van der Waals surface area contributed by atoms with E-state index in [2.05, 4.69) is 27.0 Å². The van der Waals surface area contributed by atoms with Crippen LogP contribution in [0, 0.1) is 0 Å². The molecule has 2 aromatic carbocycles. The largest absolute Gasteiger partial charge is 0.399 e. The van der Waals surface area contributed by atoms with Gasteiger partial charge in [-0.1, -0.05) is 39.8 Å². The highest BCUT2D eigenvalue weighted by Gasteiger charge is 2.06. The molecular weight excluding hydrogens is 320 g/mol. The highest BCUT2D eigenvalue weighted by atomic mass is 79.9. The van der Waals surface area contributed by atoms with Crippen molar-refractivity contribution >= 4 is 44.2 Å². The average Bonchev–Trinajstić information content (AvgIpc) is 2.43. The van der Waals surface area contributed by atoms with Gasteiger partial charge in [-0.15, -0.1) is 0 Å². The number of anilines is 1. The third kappa shape index (κ3) is 2.60. The molecule has 0 amide bonds. The van der Waals surface area contributed by atoms with Crippen molar-refractivity contribution in [2.75, 3.05) is 5.73 Å². The van der Waals surface area contributed by atoms with Gasteiger partial charge in [-0.25, -0.2) is 4.98 Å². The summed E-state index contributed by atoms with van der Waals surface area (Å²) in [5.41, 5.74) is 6.48. The van der Waals surface area contributed by atoms with Gasteiger partial charge >= 0.3 is 0 Å². The van der Waals surface area contributed by atoms with Crippen molar-refractivity contribution in [1.82, 2.24) is 4.98 Å². The highest BCUT2D eigenvalue weighted by molar-refractivity contribution is 9.10. The predicted octanol–water partition coefficient (Wildman–Crippen LogP) is 4.73. The quantitative estimate of drug-likeness (QED) is 0.690. The van der Waals surface area contributed by atoms with Crippen LogP contribution in [-0.4, -0.2) is 4.98 Å². The van der Waals surface area contributed by atoms with Crippen LogP contribution in [0.1, 0.15) is 0 Å². The van der Waals surface area contributed by atoms with Crippen molar-refractivity contribution in [3.05, 3.63) is 59.2 Å². The third-order valence-electron chi connectivity index (χ3n) is 2.81. The Morgan fingerprint density at radius 1 is 0.947 bits per heavy atom. The van der Waals surface area contributed by atoms with E-state index in [1.807, 2.05) is 48.7 Å². The molecular formula is C15H11BrN2S. The van der Waals surface area contributed by atoms with Crippen molar-refractivity contribution in [2.45, 2.75) is 9.92 Å². The standard InChI is InChI=1S/C15H11BrN2S/c16-14-3-1-2-13-12(14)8-9-18-15(13)19-11-6-4-10(17)5-7-11/h1-9H,17H2. The van der Waals surface area contributed by atoms with E-state index in [4.69, 9.17) is 5.73 Å². The molecule has 0 spiro atoms. The van der Waals surface area contributed by atoms with Crippen molar-refractivity contribution in [3.8, 4) is 0 Å². The fourth-order valence-corrected chi connectivity index (χ4v) is 3.27. The number of hydrogen-bond donors (Lipinski definition) is 1. The van der Waals surface area contributed by atoms with Crippen LogP contribution in [0.4, 0.5) is 5.69 Å². The Bertz CT molecular complexity index is 726. The molecule has 0 unspecified atom stereocenters. The van der Waals surface area contributed by atoms with E-state index in [9.17, 15) is 0 Å². The average molecular weight is 331 g/mol. The molecule has 2 N–H and O–H groups in total. The fourth-order valence-electron chi connectivity index (χ4n) is 1.87. The van der Waals surface area contributed by atoms with Gasteiger partial charge in [0.15, 0.2) is 0 Å². The van der Waals surface area contributed by atoms with Gasteiger partial charge in [0.1, 0.15) is 5.03 Å². The predicted molar refractivity (Wildman–Crippen MR) is 84.4 cm³/mol. The minimum atomic E-state index is 0.776. The zero-order valence-electron chi connectivity index (χ0n) is 10.0. The van der Waals surface area contributed by atoms with E-state index in [0.717, 1.165) is 25.5 Å². The van der Waals surface area contributed by atoms with Crippen LogP contribution in [0.25, 0.3) is 10.8 Å². The molecule has 0 aliphatic heterocycles. The lowest BCUT2D eigenvalue weighted by molar-refractivity contribution is 1.17. The number of nitrogen functional groups attached to an aromatic ring is 1. The summed E-state index contributed by atoms with van der Waals surface area (Å²) >= 11 is 5.22. The van der Waals surface area contributed by atoms with Gasteiger partial charge in [-0.05, 0) is 36.4 Å². The number of pyridine rings is 1. The van der Waals surface area contributed by atoms with Gasteiger partial charge in [0, 0.05) is 32.0 Å². The van der Waals surface area contributed by atoms with Gasteiger partial charge < -0.3 is 5.73 Å². The van der Waals surface area contributed by atoms with Crippen molar-refractivity contribution in [2.24, 2.45) is 0 Å².